The number of anilines is 1. The highest BCUT2D eigenvalue weighted by Crippen LogP contribution is 2.46. The maximum Gasteiger partial charge on any atom is 0.330 e. The third kappa shape index (κ3) is 4.99. The Labute approximate surface area is 261 Å². The molecule has 1 atom stereocenters. The molecule has 10 nitrogen and oxygen atoms in total. The van der Waals surface area contributed by atoms with E-state index in [1.165, 1.54) is 20.2 Å². The minimum absolute atomic E-state index is 0.0462. The molecule has 0 radical (unpaired) electrons. The number of aliphatic hydroxyl groups excluding tert-OH is 1. The molecule has 0 bridgehead atoms. The normalized spacial score (nSPS) is 16.5. The Bertz CT molecular complexity index is 1950. The van der Waals surface area contributed by atoms with Gasteiger partial charge in [0.25, 0.3) is 11.5 Å². The second-order valence-corrected chi connectivity index (χ2v) is 11.7. The number of aryl methyl sites for hydroxylation is 2. The summed E-state index contributed by atoms with van der Waals surface area (Å²) in [5, 5.41) is 12.4. The number of methoxy groups -OCH3 is 1. The predicted octanol–water partition coefficient (Wildman–Crippen LogP) is 4.18. The first-order valence-electron chi connectivity index (χ1n) is 13.8. The number of pyridine rings is 1. The first kappa shape index (κ1) is 30.0. The molecule has 0 spiro atoms. The highest BCUT2D eigenvalue weighted by Gasteiger charge is 2.38. The molecule has 1 fully saturated rings. The highest BCUT2D eigenvalue weighted by atomic mass is 35.5. The number of nitrogens with one attached hydrogen (secondary N) is 1. The quantitative estimate of drug-likeness (QED) is 0.325. The van der Waals surface area contributed by atoms with E-state index >= 15 is 4.39 Å². The van der Waals surface area contributed by atoms with Gasteiger partial charge in [-0.15, -0.1) is 0 Å². The number of halogens is 3. The van der Waals surface area contributed by atoms with Gasteiger partial charge in [0, 0.05) is 61.7 Å². The van der Waals surface area contributed by atoms with E-state index in [-0.39, 0.29) is 44.6 Å². The van der Waals surface area contributed by atoms with Crippen LogP contribution < -0.4 is 21.3 Å². The van der Waals surface area contributed by atoms with Crippen LogP contribution in [0.4, 0.5) is 10.1 Å². The fourth-order valence-corrected chi connectivity index (χ4v) is 6.58. The molecular weight excluding hydrogens is 612 g/mol. The molecule has 0 saturated carbocycles. The standard InChI is InChI=1S/C31H28Cl2FN5O5/c1-37-14-19(30(42)38(2)31(37)43)28(41)35-21-9-8-20(34)25(27(21)33)18-6-4-5-17(26(18)32)22-11-15-7-10-23(39-12-16(40)13-39)24(15)29(36-22)44-3/h4-6,8-9,11,14,16,23,40H,7,10,12-13H2,1-3H3,(H,35,41)/t23-/m1/s1. The smallest absolute Gasteiger partial charge is 0.330 e. The summed E-state index contributed by atoms with van der Waals surface area (Å²) in [4.78, 5) is 44.6. The third-order valence-corrected chi connectivity index (χ3v) is 9.03. The summed E-state index contributed by atoms with van der Waals surface area (Å²) in [5.41, 5.74) is 1.75. The molecule has 0 unspecified atom stereocenters. The molecule has 6 rings (SSSR count). The van der Waals surface area contributed by atoms with Crippen molar-refractivity contribution in [3.63, 3.8) is 0 Å². The van der Waals surface area contributed by atoms with Gasteiger partial charge in [-0.2, -0.15) is 0 Å². The van der Waals surface area contributed by atoms with Gasteiger partial charge in [-0.1, -0.05) is 41.4 Å². The lowest BCUT2D eigenvalue weighted by atomic mass is 9.98. The SMILES string of the molecule is COc1nc(-c2cccc(-c3c(F)ccc(NC(=O)c4cn(C)c(=O)n(C)c4=O)c3Cl)c2Cl)cc2c1[C@H](N1CC(O)C1)CC2. The van der Waals surface area contributed by atoms with Gasteiger partial charge in [0.1, 0.15) is 11.4 Å². The van der Waals surface area contributed by atoms with Crippen molar-refractivity contribution < 1.29 is 19.0 Å². The summed E-state index contributed by atoms with van der Waals surface area (Å²) in [6.07, 6.45) is 2.49. The topological polar surface area (TPSA) is 119 Å². The van der Waals surface area contributed by atoms with Crippen LogP contribution in [0.3, 0.4) is 0 Å². The van der Waals surface area contributed by atoms with Gasteiger partial charge < -0.3 is 19.7 Å². The second-order valence-electron chi connectivity index (χ2n) is 11.0. The zero-order valence-electron chi connectivity index (χ0n) is 24.0. The number of β-amino-alcohol motifs (C(OH)–C–C–N with tert-alkyl or cyclic N) is 1. The van der Waals surface area contributed by atoms with Crippen molar-refractivity contribution in [3.8, 4) is 28.3 Å². The van der Waals surface area contributed by atoms with E-state index in [0.29, 0.717) is 30.2 Å². The minimum Gasteiger partial charge on any atom is -0.481 e. The average Bonchev–Trinajstić information content (AvgIpc) is 3.41. The number of aromatic nitrogens is 3. The highest BCUT2D eigenvalue weighted by molar-refractivity contribution is 6.39. The van der Waals surface area contributed by atoms with E-state index < -0.39 is 23.0 Å². The zero-order valence-corrected chi connectivity index (χ0v) is 25.5. The number of nitrogens with zero attached hydrogens (tertiary/aromatic N) is 4. The van der Waals surface area contributed by atoms with E-state index in [9.17, 15) is 19.5 Å². The number of fused-ring (bicyclic) bond motifs is 1. The van der Waals surface area contributed by atoms with E-state index in [1.54, 1.807) is 25.3 Å². The van der Waals surface area contributed by atoms with Gasteiger partial charge in [-0.05, 0) is 36.6 Å². The Hall–Kier alpha value is -4.03. The van der Waals surface area contributed by atoms with E-state index in [2.05, 4.69) is 10.2 Å². The van der Waals surface area contributed by atoms with Crippen LogP contribution in [0.2, 0.25) is 10.0 Å². The maximum absolute atomic E-state index is 15.4. The number of likely N-dealkylation sites (tertiary alicyclic amines) is 1. The van der Waals surface area contributed by atoms with Crippen molar-refractivity contribution in [1.29, 1.82) is 0 Å². The van der Waals surface area contributed by atoms with Gasteiger partial charge in [0.05, 0.1) is 34.6 Å². The van der Waals surface area contributed by atoms with E-state index in [0.717, 1.165) is 45.4 Å². The van der Waals surface area contributed by atoms with Crippen LogP contribution in [-0.2, 0) is 20.5 Å². The van der Waals surface area contributed by atoms with Crippen LogP contribution >= 0.6 is 23.2 Å². The van der Waals surface area contributed by atoms with Crippen LogP contribution in [0.5, 0.6) is 5.88 Å². The summed E-state index contributed by atoms with van der Waals surface area (Å²) in [6, 6.07) is 9.58. The van der Waals surface area contributed by atoms with Crippen LogP contribution in [0.1, 0.15) is 33.9 Å². The molecule has 44 heavy (non-hydrogen) atoms. The van der Waals surface area contributed by atoms with Crippen LogP contribution in [0.15, 0.2) is 52.2 Å². The summed E-state index contributed by atoms with van der Waals surface area (Å²) in [5.74, 6) is -1.02. The average molecular weight is 640 g/mol. The number of hydrogen-bond acceptors (Lipinski definition) is 7. The Morgan fingerprint density at radius 3 is 2.55 bits per heavy atom. The molecule has 1 aliphatic carbocycles. The largest absolute Gasteiger partial charge is 0.481 e. The number of ether oxygens (including phenoxy) is 1. The molecule has 3 heterocycles. The summed E-state index contributed by atoms with van der Waals surface area (Å²) in [7, 11) is 4.24. The summed E-state index contributed by atoms with van der Waals surface area (Å²) >= 11 is 13.6. The van der Waals surface area contributed by atoms with Gasteiger partial charge in [0.2, 0.25) is 5.88 Å². The number of rotatable bonds is 6. The van der Waals surface area contributed by atoms with Gasteiger partial charge in [-0.3, -0.25) is 19.1 Å². The number of amides is 1. The second kappa shape index (κ2) is 11.5. The molecule has 1 saturated heterocycles. The number of carbonyl (C=O) groups excluding carboxylic acids is 1. The molecule has 4 aromatic rings. The van der Waals surface area contributed by atoms with Crippen molar-refractivity contribution in [2.45, 2.75) is 25.0 Å². The van der Waals surface area contributed by atoms with Gasteiger partial charge >= 0.3 is 5.69 Å². The first-order valence-corrected chi connectivity index (χ1v) is 14.6. The zero-order chi connectivity index (χ0) is 31.4. The van der Waals surface area contributed by atoms with Gasteiger partial charge in [-0.25, -0.2) is 14.2 Å². The minimum atomic E-state index is -0.819. The van der Waals surface area contributed by atoms with Crippen molar-refractivity contribution in [3.05, 3.63) is 96.0 Å². The Balaban J connectivity index is 1.37. The van der Waals surface area contributed by atoms with Crippen molar-refractivity contribution in [1.82, 2.24) is 19.0 Å². The fourth-order valence-electron chi connectivity index (χ4n) is 5.96. The Morgan fingerprint density at radius 2 is 1.84 bits per heavy atom. The van der Waals surface area contributed by atoms with Crippen molar-refractivity contribution >= 4 is 34.8 Å². The number of hydrogen-bond donors (Lipinski definition) is 2. The molecule has 2 aromatic heterocycles. The number of carbonyl (C=O) groups is 1. The number of benzene rings is 2. The van der Waals surface area contributed by atoms with Gasteiger partial charge in [0.15, 0.2) is 0 Å². The lowest BCUT2D eigenvalue weighted by Gasteiger charge is -2.40. The third-order valence-electron chi connectivity index (χ3n) is 8.23. The predicted molar refractivity (Wildman–Crippen MR) is 165 cm³/mol. The molecule has 2 N–H and O–H groups in total. The lowest BCUT2D eigenvalue weighted by Crippen LogP contribution is -2.51. The maximum atomic E-state index is 15.4. The molecule has 13 heteroatoms. The molecule has 228 valence electrons. The Morgan fingerprint density at radius 1 is 1.11 bits per heavy atom. The molecule has 2 aliphatic rings. The monoisotopic (exact) mass is 639 g/mol. The van der Waals surface area contributed by atoms with Crippen LogP contribution in [0.25, 0.3) is 22.4 Å². The van der Waals surface area contributed by atoms with Crippen LogP contribution in [-0.4, -0.2) is 56.3 Å². The summed E-state index contributed by atoms with van der Waals surface area (Å²) < 4.78 is 23.0. The molecule has 1 amide bonds. The number of aliphatic hydroxyl groups is 1. The molecule has 2 aromatic carbocycles. The fraction of sp³-hybridized carbons (Fsp3) is 0.290. The first-order chi connectivity index (χ1) is 21.0. The Kier molecular flexibility index (Phi) is 7.83. The lowest BCUT2D eigenvalue weighted by molar-refractivity contribution is -0.0256. The molecular formula is C31H28Cl2FN5O5. The van der Waals surface area contributed by atoms with E-state index in [1.807, 2.05) is 6.07 Å². The van der Waals surface area contributed by atoms with E-state index in [4.69, 9.17) is 32.9 Å². The van der Waals surface area contributed by atoms with Crippen molar-refractivity contribution in [2.24, 2.45) is 14.1 Å². The van der Waals surface area contributed by atoms with Crippen molar-refractivity contribution in [2.75, 3.05) is 25.5 Å². The molecule has 1 aliphatic heterocycles. The van der Waals surface area contributed by atoms with Crippen LogP contribution in [0, 0.1) is 5.82 Å². The summed E-state index contributed by atoms with van der Waals surface area (Å²) in [6.45, 7) is 1.22.